The molecule has 8 aromatic rings. The van der Waals surface area contributed by atoms with Gasteiger partial charge < -0.3 is 24.8 Å². The van der Waals surface area contributed by atoms with Crippen LogP contribution in [0.3, 0.4) is 0 Å². The van der Waals surface area contributed by atoms with Gasteiger partial charge in [0.2, 0.25) is 0 Å². The minimum Gasteiger partial charge on any atom is -1.00 e. The molecule has 0 N–H and O–H groups in total. The van der Waals surface area contributed by atoms with Gasteiger partial charge in [0.1, 0.15) is 0 Å². The molecule has 0 saturated heterocycles. The maximum atomic E-state index is 2.39. The monoisotopic (exact) mass is 988 g/mol. The second-order valence-corrected chi connectivity index (χ2v) is 18.6. The largest absolute Gasteiger partial charge is 2.00 e. The van der Waals surface area contributed by atoms with Crippen molar-refractivity contribution in [1.29, 1.82) is 0 Å². The Morgan fingerprint density at radius 1 is 0.231 bits per heavy atom. The maximum Gasteiger partial charge on any atom is 2.00 e. The molecule has 0 heterocycles. The van der Waals surface area contributed by atoms with E-state index in [2.05, 4.69) is 243 Å². The van der Waals surface area contributed by atoms with Crippen molar-refractivity contribution in [3.05, 3.63) is 305 Å². The molecule has 0 saturated carbocycles. The van der Waals surface area contributed by atoms with Crippen LogP contribution in [-0.4, -0.2) is 0 Å². The van der Waals surface area contributed by atoms with Gasteiger partial charge >= 0.3 is 26.2 Å². The second kappa shape index (κ2) is 21.0. The molecule has 0 nitrogen and oxygen atoms in total. The Morgan fingerprint density at radius 3 is 0.631 bits per heavy atom. The van der Waals surface area contributed by atoms with Gasteiger partial charge in [-0.1, -0.05) is 242 Å². The van der Waals surface area contributed by atoms with E-state index in [9.17, 15) is 0 Å². The molecular weight excluding hydrogens is 947 g/mol. The summed E-state index contributed by atoms with van der Waals surface area (Å²) in [6.45, 7) is 0. The fourth-order valence-electron chi connectivity index (χ4n) is 9.76. The number of rotatable bonds is 8. The molecule has 0 spiro atoms. The van der Waals surface area contributed by atoms with Gasteiger partial charge in [-0.05, 0) is 91.1 Å². The molecule has 4 atom stereocenters. The van der Waals surface area contributed by atoms with E-state index in [0.29, 0.717) is 23.7 Å². The molecule has 0 fully saturated rings. The van der Waals surface area contributed by atoms with Gasteiger partial charge in [0.15, 0.2) is 0 Å². The van der Waals surface area contributed by atoms with Gasteiger partial charge in [-0.3, -0.25) is 0 Å². The first-order valence-corrected chi connectivity index (χ1v) is 23.2. The standard InChI is InChI=1S/2C30H22S.2ClH.Zr/c2*1-3-11-21(12-4-1)29-25-17-9-7-15-23(25)19-27(29)31-28-20-24-16-8-10-18-26(24)30(28)22-13-5-2-6-14-22;;;/h2*1-20,29-30H;2*1H;/q;;;;+2/p-2. The van der Waals surface area contributed by atoms with E-state index in [1.54, 1.807) is 0 Å². The fraction of sp³-hybridized carbons (Fsp3) is 0.0667. The van der Waals surface area contributed by atoms with E-state index >= 15 is 0 Å². The number of hydrogen-bond acceptors (Lipinski definition) is 2. The second-order valence-electron chi connectivity index (χ2n) is 16.3. The van der Waals surface area contributed by atoms with Crippen LogP contribution in [0.1, 0.15) is 90.4 Å². The van der Waals surface area contributed by atoms with Gasteiger partial charge in [0.05, 0.1) is 0 Å². The Morgan fingerprint density at radius 2 is 0.415 bits per heavy atom. The number of hydrogen-bond donors (Lipinski definition) is 0. The van der Waals surface area contributed by atoms with Crippen LogP contribution >= 0.6 is 23.5 Å². The summed E-state index contributed by atoms with van der Waals surface area (Å²) in [6.07, 6.45) is 9.57. The minimum absolute atomic E-state index is 0. The summed E-state index contributed by atoms with van der Waals surface area (Å²) < 4.78 is 0. The summed E-state index contributed by atoms with van der Waals surface area (Å²) in [5.41, 5.74) is 16.4. The quantitative estimate of drug-likeness (QED) is 0.149. The zero-order valence-corrected chi connectivity index (χ0v) is 41.1. The molecule has 4 aliphatic carbocycles. The topological polar surface area (TPSA) is 0 Å². The van der Waals surface area contributed by atoms with E-state index in [-0.39, 0.29) is 51.0 Å². The normalized spacial score (nSPS) is 18.0. The molecule has 4 unspecified atom stereocenters. The summed E-state index contributed by atoms with van der Waals surface area (Å²) in [7, 11) is 0. The van der Waals surface area contributed by atoms with Crippen LogP contribution in [0.4, 0.5) is 0 Å². The molecule has 0 radical (unpaired) electrons. The van der Waals surface area contributed by atoms with Gasteiger partial charge in [-0.2, -0.15) is 0 Å². The molecule has 65 heavy (non-hydrogen) atoms. The molecule has 0 bridgehead atoms. The first kappa shape index (κ1) is 46.4. The summed E-state index contributed by atoms with van der Waals surface area (Å²) in [5.74, 6) is 1.18. The Bertz CT molecular complexity index is 2620. The van der Waals surface area contributed by atoms with Crippen LogP contribution < -0.4 is 24.8 Å². The van der Waals surface area contributed by atoms with E-state index in [1.807, 2.05) is 23.5 Å². The zero-order valence-electron chi connectivity index (χ0n) is 35.5. The van der Waals surface area contributed by atoms with Crippen LogP contribution in [-0.2, 0) is 26.2 Å². The fourth-order valence-corrected chi connectivity index (χ4v) is 12.6. The molecule has 314 valence electrons. The van der Waals surface area contributed by atoms with E-state index < -0.39 is 0 Å². The van der Waals surface area contributed by atoms with Crippen molar-refractivity contribution in [2.45, 2.75) is 23.7 Å². The van der Waals surface area contributed by atoms with Gasteiger partial charge in [0, 0.05) is 43.3 Å². The average molecular weight is 991 g/mol. The SMILES string of the molecule is C1=C(SC2=Cc3ccccc3C2c2ccccc2)C(c2ccccc2)c2ccccc21.C1=C(SC2=Cc3ccccc3C2c2ccccc2)C(c2ccccc2)c2ccccc21.[Cl-].[Cl-].[Zr+2]. The Kier molecular flexibility index (Phi) is 15.0. The molecule has 8 aromatic carbocycles. The maximum absolute atomic E-state index is 2.39. The summed E-state index contributed by atoms with van der Waals surface area (Å²) in [4.78, 5) is 5.64. The van der Waals surface area contributed by atoms with Crippen molar-refractivity contribution in [3.63, 3.8) is 0 Å². The molecule has 4 aliphatic rings. The smallest absolute Gasteiger partial charge is 1.00 e. The Balaban J connectivity index is 0.000000169. The van der Waals surface area contributed by atoms with E-state index in [0.717, 1.165) is 0 Å². The van der Waals surface area contributed by atoms with Crippen LogP contribution in [0.15, 0.2) is 238 Å². The third-order valence-corrected chi connectivity index (χ3v) is 14.9. The summed E-state index contributed by atoms with van der Waals surface area (Å²) in [5, 5.41) is 0. The van der Waals surface area contributed by atoms with Crippen molar-refractivity contribution in [2.24, 2.45) is 0 Å². The summed E-state index contributed by atoms with van der Waals surface area (Å²) >= 11 is 3.91. The molecular formula is C60H44Cl2S2Zr. The number of thioether (sulfide) groups is 2. The first-order chi connectivity index (χ1) is 30.8. The Labute approximate surface area is 423 Å². The van der Waals surface area contributed by atoms with Crippen molar-refractivity contribution >= 4 is 47.8 Å². The number of halogens is 2. The predicted octanol–water partition coefficient (Wildman–Crippen LogP) is 10.2. The van der Waals surface area contributed by atoms with E-state index in [1.165, 1.54) is 86.4 Å². The van der Waals surface area contributed by atoms with Crippen molar-refractivity contribution in [1.82, 2.24) is 0 Å². The predicted molar refractivity (Wildman–Crippen MR) is 266 cm³/mol. The minimum atomic E-state index is 0. The Hall–Kier alpha value is -5.12. The third kappa shape index (κ3) is 9.33. The molecule has 0 amide bonds. The van der Waals surface area contributed by atoms with Crippen LogP contribution in [0.5, 0.6) is 0 Å². The molecule has 5 heteroatoms. The van der Waals surface area contributed by atoms with Crippen LogP contribution in [0.2, 0.25) is 0 Å². The van der Waals surface area contributed by atoms with Gasteiger partial charge in [-0.25, -0.2) is 0 Å². The summed E-state index contributed by atoms with van der Waals surface area (Å²) in [6, 6.07) is 78.9. The van der Waals surface area contributed by atoms with Crippen molar-refractivity contribution in [3.8, 4) is 0 Å². The molecule has 0 aromatic heterocycles. The molecule has 0 aliphatic heterocycles. The van der Waals surface area contributed by atoms with Crippen LogP contribution in [0.25, 0.3) is 24.3 Å². The average Bonchev–Trinajstić information content (AvgIpc) is 4.10. The number of fused-ring (bicyclic) bond motifs is 4. The van der Waals surface area contributed by atoms with Crippen molar-refractivity contribution < 1.29 is 51.0 Å². The van der Waals surface area contributed by atoms with Crippen molar-refractivity contribution in [2.75, 3.05) is 0 Å². The van der Waals surface area contributed by atoms with Gasteiger partial charge in [0.25, 0.3) is 0 Å². The molecule has 12 rings (SSSR count). The first-order valence-electron chi connectivity index (χ1n) is 21.5. The number of benzene rings is 8. The third-order valence-electron chi connectivity index (χ3n) is 12.6. The van der Waals surface area contributed by atoms with Crippen LogP contribution in [0, 0.1) is 0 Å². The zero-order chi connectivity index (χ0) is 41.2. The number of allylic oxidation sites excluding steroid dienone is 4. The van der Waals surface area contributed by atoms with E-state index in [4.69, 9.17) is 0 Å². The van der Waals surface area contributed by atoms with Gasteiger partial charge in [-0.15, -0.1) is 0 Å².